The zero-order valence-electron chi connectivity index (χ0n) is 15.5. The van der Waals surface area contributed by atoms with E-state index in [0.29, 0.717) is 43.3 Å². The van der Waals surface area contributed by atoms with Crippen molar-refractivity contribution in [1.29, 1.82) is 0 Å². The average Bonchev–Trinajstić information content (AvgIpc) is 2.67. The first-order chi connectivity index (χ1) is 13.1. The number of nitrogens with zero attached hydrogens (tertiary/aromatic N) is 3. The molecule has 6 heteroatoms. The summed E-state index contributed by atoms with van der Waals surface area (Å²) < 4.78 is 5.44. The molecule has 0 bridgehead atoms. The van der Waals surface area contributed by atoms with Crippen LogP contribution in [0.2, 0.25) is 0 Å². The van der Waals surface area contributed by atoms with Crippen molar-refractivity contribution in [2.45, 2.75) is 13.8 Å². The van der Waals surface area contributed by atoms with Gasteiger partial charge >= 0.3 is 0 Å². The third-order valence-electron chi connectivity index (χ3n) is 4.56. The lowest BCUT2D eigenvalue weighted by molar-refractivity contribution is 0.102. The third-order valence-corrected chi connectivity index (χ3v) is 4.56. The number of hydrogen-bond donors (Lipinski definition) is 1. The van der Waals surface area contributed by atoms with E-state index in [9.17, 15) is 4.79 Å². The fraction of sp³-hybridized carbons (Fsp3) is 0.286. The summed E-state index contributed by atoms with van der Waals surface area (Å²) in [6, 6.07) is 13.6. The van der Waals surface area contributed by atoms with Gasteiger partial charge in [-0.1, -0.05) is 18.2 Å². The van der Waals surface area contributed by atoms with Crippen LogP contribution in [0.4, 0.5) is 11.5 Å². The highest BCUT2D eigenvalue weighted by Gasteiger charge is 2.23. The van der Waals surface area contributed by atoms with Crippen molar-refractivity contribution in [3.05, 3.63) is 59.3 Å². The monoisotopic (exact) mass is 362 g/mol. The largest absolute Gasteiger partial charge is 0.378 e. The van der Waals surface area contributed by atoms with Crippen LogP contribution in [-0.4, -0.2) is 42.2 Å². The summed E-state index contributed by atoms with van der Waals surface area (Å²) in [7, 11) is 0. The van der Waals surface area contributed by atoms with Gasteiger partial charge in [0.1, 0.15) is 0 Å². The van der Waals surface area contributed by atoms with Gasteiger partial charge in [-0.15, -0.1) is 0 Å². The molecule has 1 aromatic heterocycles. The quantitative estimate of drug-likeness (QED) is 0.774. The predicted molar refractivity (Wildman–Crippen MR) is 106 cm³/mol. The number of anilines is 2. The highest BCUT2D eigenvalue weighted by atomic mass is 16.5. The van der Waals surface area contributed by atoms with Crippen LogP contribution in [0.25, 0.3) is 11.0 Å². The van der Waals surface area contributed by atoms with Gasteiger partial charge in [0.05, 0.1) is 24.2 Å². The SMILES string of the molecule is Cc1cc(C)cc(NC(=O)c2nc3ccccc3nc2N2CCOCC2)c1. The van der Waals surface area contributed by atoms with Gasteiger partial charge in [-0.3, -0.25) is 4.79 Å². The van der Waals surface area contributed by atoms with Crippen molar-refractivity contribution >= 4 is 28.4 Å². The van der Waals surface area contributed by atoms with Gasteiger partial charge in [-0.05, 0) is 49.2 Å². The van der Waals surface area contributed by atoms with E-state index in [1.54, 1.807) is 0 Å². The number of ether oxygens (including phenoxy) is 1. The molecule has 4 rings (SSSR count). The predicted octanol–water partition coefficient (Wildman–Crippen LogP) is 3.34. The zero-order valence-corrected chi connectivity index (χ0v) is 15.5. The first-order valence-corrected chi connectivity index (χ1v) is 9.09. The number of amides is 1. The maximum atomic E-state index is 13.1. The Morgan fingerprint density at radius 2 is 1.63 bits per heavy atom. The normalized spacial score (nSPS) is 14.4. The Morgan fingerprint density at radius 1 is 1.00 bits per heavy atom. The Kier molecular flexibility index (Phi) is 4.73. The molecule has 3 aromatic rings. The van der Waals surface area contributed by atoms with Crippen LogP contribution in [0.3, 0.4) is 0 Å². The molecule has 1 amide bonds. The van der Waals surface area contributed by atoms with E-state index in [4.69, 9.17) is 9.72 Å². The molecule has 1 aliphatic rings. The second-order valence-electron chi connectivity index (χ2n) is 6.81. The fourth-order valence-electron chi connectivity index (χ4n) is 3.38. The molecule has 2 aromatic carbocycles. The van der Waals surface area contributed by atoms with E-state index < -0.39 is 0 Å². The summed E-state index contributed by atoms with van der Waals surface area (Å²) in [4.78, 5) is 24.5. The number of fused-ring (bicyclic) bond motifs is 1. The van der Waals surface area contributed by atoms with Gasteiger partial charge in [0.2, 0.25) is 0 Å². The van der Waals surface area contributed by atoms with Crippen LogP contribution in [0.15, 0.2) is 42.5 Å². The minimum Gasteiger partial charge on any atom is -0.378 e. The fourth-order valence-corrected chi connectivity index (χ4v) is 3.38. The summed E-state index contributed by atoms with van der Waals surface area (Å²) in [6.45, 7) is 6.64. The molecule has 6 nitrogen and oxygen atoms in total. The molecule has 27 heavy (non-hydrogen) atoms. The molecule has 1 N–H and O–H groups in total. The second kappa shape index (κ2) is 7.32. The van der Waals surface area contributed by atoms with Gasteiger partial charge in [0.25, 0.3) is 5.91 Å². The summed E-state index contributed by atoms with van der Waals surface area (Å²) in [5, 5.41) is 2.98. The van der Waals surface area contributed by atoms with Crippen molar-refractivity contribution < 1.29 is 9.53 Å². The lowest BCUT2D eigenvalue weighted by Gasteiger charge is -2.29. The van der Waals surface area contributed by atoms with Crippen molar-refractivity contribution in [1.82, 2.24) is 9.97 Å². The first-order valence-electron chi connectivity index (χ1n) is 9.09. The molecule has 138 valence electrons. The highest BCUT2D eigenvalue weighted by Crippen LogP contribution is 2.23. The number of carbonyl (C=O) groups excluding carboxylic acids is 1. The number of benzene rings is 2. The molecule has 0 atom stereocenters. The third kappa shape index (κ3) is 3.75. The summed E-state index contributed by atoms with van der Waals surface area (Å²) in [6.07, 6.45) is 0. The summed E-state index contributed by atoms with van der Waals surface area (Å²) in [5.74, 6) is 0.360. The molecular formula is C21H22N4O2. The van der Waals surface area contributed by atoms with Crippen LogP contribution in [0.5, 0.6) is 0 Å². The van der Waals surface area contributed by atoms with E-state index in [0.717, 1.165) is 22.3 Å². The standard InChI is InChI=1S/C21H22N4O2/c1-14-11-15(2)13-16(12-14)22-21(26)19-20(25-7-9-27-10-8-25)24-18-6-4-3-5-17(18)23-19/h3-6,11-13H,7-10H2,1-2H3,(H,22,26). The number of para-hydroxylation sites is 2. The number of nitrogens with one attached hydrogen (secondary N) is 1. The van der Waals surface area contributed by atoms with Crippen molar-refractivity contribution in [2.24, 2.45) is 0 Å². The molecule has 0 unspecified atom stereocenters. The van der Waals surface area contributed by atoms with Crippen molar-refractivity contribution in [3.8, 4) is 0 Å². The van der Waals surface area contributed by atoms with E-state index in [1.165, 1.54) is 0 Å². The molecule has 2 heterocycles. The number of hydrogen-bond acceptors (Lipinski definition) is 5. The Balaban J connectivity index is 1.74. The average molecular weight is 362 g/mol. The number of aryl methyl sites for hydroxylation is 2. The highest BCUT2D eigenvalue weighted by molar-refractivity contribution is 6.07. The lowest BCUT2D eigenvalue weighted by atomic mass is 10.1. The second-order valence-corrected chi connectivity index (χ2v) is 6.81. The van der Waals surface area contributed by atoms with Crippen molar-refractivity contribution in [2.75, 3.05) is 36.5 Å². The van der Waals surface area contributed by atoms with Crippen LogP contribution in [-0.2, 0) is 4.74 Å². The van der Waals surface area contributed by atoms with Crippen molar-refractivity contribution in [3.63, 3.8) is 0 Å². The molecule has 1 saturated heterocycles. The topological polar surface area (TPSA) is 67.4 Å². The maximum Gasteiger partial charge on any atom is 0.278 e. The Labute approximate surface area is 158 Å². The summed E-state index contributed by atoms with van der Waals surface area (Å²) in [5.41, 5.74) is 4.80. The minimum absolute atomic E-state index is 0.250. The van der Waals surface area contributed by atoms with E-state index in [-0.39, 0.29) is 5.91 Å². The number of rotatable bonds is 3. The number of morpholine rings is 1. The smallest absolute Gasteiger partial charge is 0.278 e. The minimum atomic E-state index is -0.250. The molecule has 1 aliphatic heterocycles. The maximum absolute atomic E-state index is 13.1. The van der Waals surface area contributed by atoms with Gasteiger partial charge in [-0.25, -0.2) is 9.97 Å². The molecule has 0 saturated carbocycles. The van der Waals surface area contributed by atoms with Gasteiger partial charge in [0.15, 0.2) is 11.5 Å². The van der Waals surface area contributed by atoms with Crippen LogP contribution in [0, 0.1) is 13.8 Å². The number of carbonyl (C=O) groups is 1. The molecule has 0 aliphatic carbocycles. The Bertz CT molecular complexity index is 976. The zero-order chi connectivity index (χ0) is 18.8. The van der Waals surface area contributed by atoms with Crippen LogP contribution >= 0.6 is 0 Å². The van der Waals surface area contributed by atoms with E-state index in [2.05, 4.69) is 21.3 Å². The van der Waals surface area contributed by atoms with Gasteiger partial charge in [0, 0.05) is 18.8 Å². The van der Waals surface area contributed by atoms with Gasteiger partial charge in [-0.2, -0.15) is 0 Å². The van der Waals surface area contributed by atoms with E-state index in [1.807, 2.05) is 50.2 Å². The molecule has 0 spiro atoms. The van der Waals surface area contributed by atoms with Crippen LogP contribution in [0.1, 0.15) is 21.6 Å². The molecule has 1 fully saturated rings. The molecule has 0 radical (unpaired) electrons. The summed E-state index contributed by atoms with van der Waals surface area (Å²) >= 11 is 0. The van der Waals surface area contributed by atoms with Crippen LogP contribution < -0.4 is 10.2 Å². The lowest BCUT2D eigenvalue weighted by Crippen LogP contribution is -2.38. The van der Waals surface area contributed by atoms with E-state index >= 15 is 0 Å². The number of aromatic nitrogens is 2. The first kappa shape index (κ1) is 17.4. The Hall–Kier alpha value is -2.99. The van der Waals surface area contributed by atoms with Gasteiger partial charge < -0.3 is 15.0 Å². The molecular weight excluding hydrogens is 340 g/mol. The Morgan fingerprint density at radius 3 is 2.30 bits per heavy atom.